The van der Waals surface area contributed by atoms with Crippen LogP contribution in [0.1, 0.15) is 0 Å². The molecule has 0 aliphatic heterocycles. The Labute approximate surface area is 29.1 Å². The van der Waals surface area contributed by atoms with E-state index >= 15 is 0 Å². The van der Waals surface area contributed by atoms with Crippen LogP contribution in [0.3, 0.4) is 0 Å². The minimum absolute atomic E-state index is 0.856. The van der Waals surface area contributed by atoms with E-state index in [9.17, 15) is 4.79 Å². The van der Waals surface area contributed by atoms with Crippen molar-refractivity contribution < 1.29 is 9.22 Å². The van der Waals surface area contributed by atoms with Crippen molar-refractivity contribution in [1.82, 2.24) is 0 Å². The number of primary amides is 1. The largest absolute Gasteiger partial charge is 0.688 e. The maximum Gasteiger partial charge on any atom is 0.688 e. The van der Waals surface area contributed by atoms with E-state index in [0.29, 0.717) is 0 Å². The zero-order valence-corrected chi connectivity index (χ0v) is 2.60. The van der Waals surface area contributed by atoms with Crippen LogP contribution in [0.15, 0.2) is 0 Å². The number of hydrogen-bond donors (Lipinski definition) is 1. The number of hydrogen-bond acceptors (Lipinski definition) is 1. The molecule has 3 heteroatoms. The average molecular weight is 74.1 g/mol. The second kappa shape index (κ2) is 1.46. The van der Waals surface area contributed by atoms with Gasteiger partial charge >= 0.3 is 6.09 Å². The van der Waals surface area contributed by atoms with E-state index in [2.05, 4.69) is 16.9 Å². The minimum atomic E-state index is -0.856. The summed E-state index contributed by atoms with van der Waals surface area (Å²) in [5.74, 6) is 0. The van der Waals surface area contributed by atoms with Crippen LogP contribution in [0.5, 0.6) is 0 Å². The molecule has 0 aliphatic carbocycles. The van der Waals surface area contributed by atoms with Gasteiger partial charge in [0.05, 0.1) is 4.79 Å². The van der Waals surface area contributed by atoms with Crippen molar-refractivity contribution in [3.8, 4) is 0 Å². The molecule has 0 aliphatic rings. The first-order chi connectivity index (χ1) is 2.27. The van der Waals surface area contributed by atoms with Gasteiger partial charge in [0.25, 0.3) is 0 Å². The van der Waals surface area contributed by atoms with Crippen LogP contribution in [0.4, 0.5) is 4.79 Å². The normalized spacial score (nSPS) is 6.40. The van der Waals surface area contributed by atoms with E-state index in [0.717, 1.165) is 0 Å². The van der Waals surface area contributed by atoms with E-state index in [1.807, 2.05) is 0 Å². The number of carbonyl (C=O) groups is 1. The van der Waals surface area contributed by atoms with Crippen LogP contribution in [-0.2, 0) is 4.42 Å². The first kappa shape index (κ1) is 4.14. The fourth-order valence-electron chi connectivity index (χ4n) is 0. The topological polar surface area (TPSA) is 54.4 Å². The summed E-state index contributed by atoms with van der Waals surface area (Å²) in [4.78, 5) is 9.31. The van der Waals surface area contributed by atoms with Crippen LogP contribution in [0.2, 0.25) is 0 Å². The molecule has 0 fully saturated rings. The van der Waals surface area contributed by atoms with Gasteiger partial charge in [0, 0.05) is 0 Å². The average Bonchev–Trinajstić information content (AvgIpc) is 1.38. The van der Waals surface area contributed by atoms with Gasteiger partial charge in [-0.2, -0.15) is 0 Å². The summed E-state index contributed by atoms with van der Waals surface area (Å²) in [6.45, 7) is 2.71. The molecule has 0 aromatic heterocycles. The summed E-state index contributed by atoms with van der Waals surface area (Å²) in [5, 5.41) is 0. The van der Waals surface area contributed by atoms with E-state index in [4.69, 9.17) is 0 Å². The van der Waals surface area contributed by atoms with Gasteiger partial charge in [0.2, 0.25) is 0 Å². The van der Waals surface area contributed by atoms with Gasteiger partial charge in [0.15, 0.2) is 6.79 Å². The summed E-state index contributed by atoms with van der Waals surface area (Å²) < 4.78 is 3.64. The smallest absolute Gasteiger partial charge is 0.278 e. The molecule has 0 unspecified atom stereocenters. The molecular formula is C2H4NO2+. The quantitative estimate of drug-likeness (QED) is 0.384. The van der Waals surface area contributed by atoms with Crippen LogP contribution >= 0.6 is 0 Å². The van der Waals surface area contributed by atoms with E-state index in [-0.39, 0.29) is 0 Å². The molecule has 2 N–H and O–H groups in total. The summed E-state index contributed by atoms with van der Waals surface area (Å²) in [6, 6.07) is 0. The van der Waals surface area contributed by atoms with Gasteiger partial charge in [-0.05, 0) is 0 Å². The zero-order chi connectivity index (χ0) is 4.28. The SMILES string of the molecule is C=[O+]C(N)=O. The highest BCUT2D eigenvalue weighted by Gasteiger charge is 1.93. The molecule has 1 amide bonds. The molecular weight excluding hydrogens is 70.0 g/mol. The Morgan fingerprint density at radius 1 is 2.00 bits per heavy atom. The predicted molar refractivity (Wildman–Crippen MR) is 16.7 cm³/mol. The number of nitrogens with two attached hydrogens (primary N) is 1. The van der Waals surface area contributed by atoms with E-state index in [1.165, 1.54) is 0 Å². The molecule has 0 radical (unpaired) electrons. The Morgan fingerprint density at radius 2 is 2.20 bits per heavy atom. The second-order valence-electron chi connectivity index (χ2n) is 0.463. The van der Waals surface area contributed by atoms with Crippen molar-refractivity contribution in [2.75, 3.05) is 0 Å². The lowest BCUT2D eigenvalue weighted by Crippen LogP contribution is -2.06. The lowest BCUT2D eigenvalue weighted by atomic mass is 11.3. The Kier molecular flexibility index (Phi) is 1.21. The Hall–Kier alpha value is -0.860. The van der Waals surface area contributed by atoms with Gasteiger partial charge in [0.1, 0.15) is 0 Å². The van der Waals surface area contributed by atoms with Crippen molar-refractivity contribution >= 4 is 12.9 Å². The maximum atomic E-state index is 9.31. The molecule has 0 saturated heterocycles. The van der Waals surface area contributed by atoms with Gasteiger partial charge in [-0.15, -0.1) is 0 Å². The Morgan fingerprint density at radius 3 is 2.20 bits per heavy atom. The van der Waals surface area contributed by atoms with Crippen molar-refractivity contribution in [3.63, 3.8) is 0 Å². The van der Waals surface area contributed by atoms with Gasteiger partial charge < -0.3 is 0 Å². The molecule has 0 spiro atoms. The van der Waals surface area contributed by atoms with E-state index < -0.39 is 6.09 Å². The molecule has 28 valence electrons. The monoisotopic (exact) mass is 74.0 g/mol. The maximum absolute atomic E-state index is 9.31. The number of rotatable bonds is 0. The summed E-state index contributed by atoms with van der Waals surface area (Å²) in [5.41, 5.74) is 4.37. The molecule has 0 bridgehead atoms. The van der Waals surface area contributed by atoms with Crippen molar-refractivity contribution in [1.29, 1.82) is 0 Å². The molecule has 3 nitrogen and oxygen atoms in total. The third kappa shape index (κ3) is 3.14. The number of amides is 1. The molecule has 0 aromatic rings. The molecule has 0 rings (SSSR count). The third-order valence-corrected chi connectivity index (χ3v) is 0.142. The minimum Gasteiger partial charge on any atom is -0.278 e. The lowest BCUT2D eigenvalue weighted by molar-refractivity contribution is -0.328. The van der Waals surface area contributed by atoms with Gasteiger partial charge in [-0.3, -0.25) is 10.2 Å². The lowest BCUT2D eigenvalue weighted by Gasteiger charge is -1.51. The molecule has 0 saturated carbocycles. The van der Waals surface area contributed by atoms with Gasteiger partial charge in [-0.25, -0.2) is 0 Å². The highest BCUT2D eigenvalue weighted by molar-refractivity contribution is 5.61. The summed E-state index contributed by atoms with van der Waals surface area (Å²) >= 11 is 0. The first-order valence-corrected chi connectivity index (χ1v) is 0.986. The Bertz CT molecular complexity index is 58.7. The molecule has 0 aromatic carbocycles. The summed E-state index contributed by atoms with van der Waals surface area (Å²) in [7, 11) is 0. The molecule has 5 heavy (non-hydrogen) atoms. The molecule has 0 atom stereocenters. The first-order valence-electron chi connectivity index (χ1n) is 0.986. The fourth-order valence-corrected chi connectivity index (χ4v) is 0. The van der Waals surface area contributed by atoms with E-state index in [1.54, 1.807) is 0 Å². The van der Waals surface area contributed by atoms with Crippen LogP contribution in [0.25, 0.3) is 0 Å². The van der Waals surface area contributed by atoms with Crippen LogP contribution in [0, 0.1) is 0 Å². The second-order valence-corrected chi connectivity index (χ2v) is 0.463. The Balaban J connectivity index is 3.20. The molecule has 0 heterocycles. The zero-order valence-electron chi connectivity index (χ0n) is 2.60. The third-order valence-electron chi connectivity index (χ3n) is 0.142. The van der Waals surface area contributed by atoms with Crippen molar-refractivity contribution in [3.05, 3.63) is 0 Å². The van der Waals surface area contributed by atoms with Crippen LogP contribution < -0.4 is 5.73 Å². The fraction of sp³-hybridized carbons (Fsp3) is 0. The van der Waals surface area contributed by atoms with Crippen molar-refractivity contribution in [2.24, 2.45) is 5.73 Å². The summed E-state index contributed by atoms with van der Waals surface area (Å²) in [6.07, 6.45) is -0.856. The highest BCUT2D eigenvalue weighted by atomic mass is 16.5. The highest BCUT2D eigenvalue weighted by Crippen LogP contribution is 1.43. The predicted octanol–water partition coefficient (Wildman–Crippen LogP) is -0.571. The van der Waals surface area contributed by atoms with Gasteiger partial charge in [-0.1, -0.05) is 0 Å². The number of carbonyl (C=O) groups excluding carboxylic acids is 2. The van der Waals surface area contributed by atoms with Crippen molar-refractivity contribution in [2.45, 2.75) is 0 Å². The van der Waals surface area contributed by atoms with Crippen LogP contribution in [-0.4, -0.2) is 12.9 Å². The standard InChI is InChI=1S/C2H3NO2/c1-5-2(3)4/h1H2,(H-,3,4)/p+1.